The minimum absolute atomic E-state index is 0.0104. The van der Waals surface area contributed by atoms with Crippen molar-refractivity contribution in [1.29, 1.82) is 0 Å². The van der Waals surface area contributed by atoms with Gasteiger partial charge >= 0.3 is 6.09 Å². The molecular weight excluding hydrogens is 514 g/mol. The molecule has 204 valence electrons. The molecule has 0 aliphatic carbocycles. The Morgan fingerprint density at radius 1 is 1.06 bits per heavy atom. The average Bonchev–Trinajstić information content (AvgIpc) is 2.81. The van der Waals surface area contributed by atoms with Crippen LogP contribution in [0.4, 0.5) is 13.6 Å². The van der Waals surface area contributed by atoms with Crippen LogP contribution in [-0.4, -0.2) is 73.7 Å². The van der Waals surface area contributed by atoms with Gasteiger partial charge in [-0.05, 0) is 82.4 Å². The predicted octanol–water partition coefficient (Wildman–Crippen LogP) is 5.13. The molecule has 2 saturated heterocycles. The second-order valence-corrected chi connectivity index (χ2v) is 13.0. The van der Waals surface area contributed by atoms with Crippen LogP contribution in [0.25, 0.3) is 0 Å². The van der Waals surface area contributed by atoms with Crippen molar-refractivity contribution in [2.75, 3.05) is 44.4 Å². The molecule has 2 aliphatic rings. The smallest absolute Gasteiger partial charge is 0.410 e. The maximum atomic E-state index is 14.8. The number of carbonyl (C=O) groups excluding carboxylic acids is 1. The fraction of sp³-hybridized carbons (Fsp3) is 0.720. The SMILES string of the molecule is CC(C)(C)OC(=O)N1CCC(COc2c(F)cc(C3CCN(S(=O)(=O)CCCCl)CC3)cc2F)CC1. The summed E-state index contributed by atoms with van der Waals surface area (Å²) < 4.78 is 66.7. The van der Waals surface area contributed by atoms with Gasteiger partial charge in [0.1, 0.15) is 5.60 Å². The van der Waals surface area contributed by atoms with E-state index in [0.717, 1.165) is 0 Å². The summed E-state index contributed by atoms with van der Waals surface area (Å²) in [4.78, 5) is 13.8. The van der Waals surface area contributed by atoms with Crippen LogP contribution in [0.15, 0.2) is 12.1 Å². The monoisotopic (exact) mass is 550 g/mol. The first-order valence-corrected chi connectivity index (χ1v) is 14.7. The van der Waals surface area contributed by atoms with Gasteiger partial charge in [0.15, 0.2) is 17.4 Å². The topological polar surface area (TPSA) is 76.2 Å². The van der Waals surface area contributed by atoms with Gasteiger partial charge in [0, 0.05) is 32.1 Å². The Morgan fingerprint density at radius 3 is 2.17 bits per heavy atom. The largest absolute Gasteiger partial charge is 0.487 e. The number of hydrogen-bond donors (Lipinski definition) is 0. The summed E-state index contributed by atoms with van der Waals surface area (Å²) >= 11 is 5.61. The molecule has 11 heteroatoms. The number of ether oxygens (including phenoxy) is 2. The van der Waals surface area contributed by atoms with Gasteiger partial charge in [-0.1, -0.05) is 0 Å². The summed E-state index contributed by atoms with van der Waals surface area (Å²) in [5.41, 5.74) is -0.0437. The zero-order valence-corrected chi connectivity index (χ0v) is 22.8. The Balaban J connectivity index is 1.51. The average molecular weight is 551 g/mol. The van der Waals surface area contributed by atoms with E-state index in [-0.39, 0.29) is 36.2 Å². The Kier molecular flexibility index (Phi) is 9.85. The molecule has 3 rings (SSSR count). The Hall–Kier alpha value is -1.65. The first-order chi connectivity index (χ1) is 16.9. The number of amides is 1. The van der Waals surface area contributed by atoms with Crippen molar-refractivity contribution in [3.8, 4) is 5.75 Å². The summed E-state index contributed by atoms with van der Waals surface area (Å²) in [6, 6.07) is 2.59. The Morgan fingerprint density at radius 2 is 1.64 bits per heavy atom. The second-order valence-electron chi connectivity index (χ2n) is 10.6. The summed E-state index contributed by atoms with van der Waals surface area (Å²) in [6.45, 7) is 7.26. The van der Waals surface area contributed by atoms with Crippen LogP contribution in [0.2, 0.25) is 0 Å². The van der Waals surface area contributed by atoms with Gasteiger partial charge in [-0.25, -0.2) is 26.3 Å². The zero-order valence-electron chi connectivity index (χ0n) is 21.3. The van der Waals surface area contributed by atoms with E-state index in [1.165, 1.54) is 16.4 Å². The molecular formula is C25H37ClF2N2O5S. The number of rotatable bonds is 8. The van der Waals surface area contributed by atoms with Crippen molar-refractivity contribution in [2.24, 2.45) is 5.92 Å². The van der Waals surface area contributed by atoms with E-state index in [1.54, 1.807) is 4.90 Å². The highest BCUT2D eigenvalue weighted by Crippen LogP contribution is 2.34. The molecule has 2 fully saturated rings. The van der Waals surface area contributed by atoms with Crippen molar-refractivity contribution >= 4 is 27.7 Å². The van der Waals surface area contributed by atoms with Gasteiger partial charge in [-0.3, -0.25) is 0 Å². The number of nitrogens with zero attached hydrogens (tertiary/aromatic N) is 2. The van der Waals surface area contributed by atoms with E-state index in [9.17, 15) is 22.0 Å². The van der Waals surface area contributed by atoms with Crippen molar-refractivity contribution < 1.29 is 31.5 Å². The number of halogens is 3. The summed E-state index contributed by atoms with van der Waals surface area (Å²) in [5, 5.41) is 0. The normalized spacial score (nSPS) is 18.9. The van der Waals surface area contributed by atoms with E-state index in [1.807, 2.05) is 20.8 Å². The minimum Gasteiger partial charge on any atom is -0.487 e. The molecule has 0 unspecified atom stereocenters. The first kappa shape index (κ1) is 28.9. The molecule has 0 saturated carbocycles. The van der Waals surface area contributed by atoms with Gasteiger partial charge in [0.05, 0.1) is 12.4 Å². The number of likely N-dealkylation sites (tertiary alicyclic amines) is 1. The van der Waals surface area contributed by atoms with Gasteiger partial charge in [-0.2, -0.15) is 0 Å². The van der Waals surface area contributed by atoms with Crippen molar-refractivity contribution in [3.05, 3.63) is 29.3 Å². The lowest BCUT2D eigenvalue weighted by atomic mass is 9.90. The highest BCUT2D eigenvalue weighted by atomic mass is 35.5. The standard InChI is InChI=1S/C25H37ClF2N2O5S/c1-25(2,3)35-24(31)29-10-5-18(6-11-29)17-34-23-21(27)15-20(16-22(23)28)19-7-12-30(13-8-19)36(32,33)14-4-9-26/h15-16,18-19H,4-14,17H2,1-3H3. The maximum Gasteiger partial charge on any atom is 0.410 e. The summed E-state index contributed by atoms with van der Waals surface area (Å²) in [7, 11) is -3.36. The van der Waals surface area contributed by atoms with Crippen molar-refractivity contribution in [1.82, 2.24) is 9.21 Å². The third-order valence-electron chi connectivity index (χ3n) is 6.60. The number of piperidine rings is 2. The molecule has 0 N–H and O–H groups in total. The van der Waals surface area contributed by atoms with Crippen LogP contribution in [0.1, 0.15) is 64.4 Å². The molecule has 0 atom stereocenters. The quantitative estimate of drug-likeness (QED) is 0.419. The van der Waals surface area contributed by atoms with Crippen LogP contribution < -0.4 is 4.74 Å². The number of hydrogen-bond acceptors (Lipinski definition) is 5. The third kappa shape index (κ3) is 7.92. The van der Waals surface area contributed by atoms with Crippen LogP contribution in [0.5, 0.6) is 5.75 Å². The van der Waals surface area contributed by atoms with Crippen molar-refractivity contribution in [3.63, 3.8) is 0 Å². The van der Waals surface area contributed by atoms with E-state index in [0.29, 0.717) is 63.8 Å². The van der Waals surface area contributed by atoms with Crippen molar-refractivity contribution in [2.45, 2.75) is 64.4 Å². The molecule has 2 aliphatic heterocycles. The fourth-order valence-electron chi connectivity index (χ4n) is 4.60. The van der Waals surface area contributed by atoms with Gasteiger partial charge in [0.2, 0.25) is 10.0 Å². The number of carbonyl (C=O) groups is 1. The van der Waals surface area contributed by atoms with Crippen LogP contribution in [0.3, 0.4) is 0 Å². The molecule has 0 radical (unpaired) electrons. The van der Waals surface area contributed by atoms with E-state index in [2.05, 4.69) is 0 Å². The molecule has 2 heterocycles. The molecule has 36 heavy (non-hydrogen) atoms. The molecule has 0 aromatic heterocycles. The van der Waals surface area contributed by atoms with Gasteiger partial charge < -0.3 is 14.4 Å². The molecule has 1 amide bonds. The third-order valence-corrected chi connectivity index (χ3v) is 8.83. The van der Waals surface area contributed by atoms with E-state index >= 15 is 0 Å². The highest BCUT2D eigenvalue weighted by Gasteiger charge is 2.30. The summed E-state index contributed by atoms with van der Waals surface area (Å²) in [6.07, 6.45) is 2.35. The van der Waals surface area contributed by atoms with Crippen LogP contribution in [-0.2, 0) is 14.8 Å². The molecule has 0 bridgehead atoms. The predicted molar refractivity (Wildman–Crippen MR) is 135 cm³/mol. The first-order valence-electron chi connectivity index (χ1n) is 12.5. The molecule has 1 aromatic rings. The lowest BCUT2D eigenvalue weighted by Gasteiger charge is -2.33. The van der Waals surface area contributed by atoms with Crippen LogP contribution in [0, 0.1) is 17.6 Å². The number of benzene rings is 1. The van der Waals surface area contributed by atoms with E-state index in [4.69, 9.17) is 21.1 Å². The fourth-order valence-corrected chi connectivity index (χ4v) is 6.42. The van der Waals surface area contributed by atoms with Crippen LogP contribution >= 0.6 is 11.6 Å². The molecule has 7 nitrogen and oxygen atoms in total. The lowest BCUT2D eigenvalue weighted by molar-refractivity contribution is 0.0163. The highest BCUT2D eigenvalue weighted by molar-refractivity contribution is 7.89. The minimum atomic E-state index is -3.36. The Labute approximate surface area is 218 Å². The van der Waals surface area contributed by atoms with Gasteiger partial charge in [-0.15, -0.1) is 11.6 Å². The zero-order chi connectivity index (χ0) is 26.5. The molecule has 1 aromatic carbocycles. The lowest BCUT2D eigenvalue weighted by Crippen LogP contribution is -2.42. The Bertz CT molecular complexity index is 979. The van der Waals surface area contributed by atoms with Gasteiger partial charge in [0.25, 0.3) is 0 Å². The van der Waals surface area contributed by atoms with E-state index < -0.39 is 33.0 Å². The molecule has 0 spiro atoms. The number of alkyl halides is 1. The maximum absolute atomic E-state index is 14.8. The summed E-state index contributed by atoms with van der Waals surface area (Å²) in [5.74, 6) is -1.66. The second kappa shape index (κ2) is 12.3. The number of sulfonamides is 1.